The predicted molar refractivity (Wildman–Crippen MR) is 106 cm³/mol. The minimum atomic E-state index is -3.91. The number of anilines is 1. The highest BCUT2D eigenvalue weighted by atomic mass is 35.5. The number of aromatic carboxylic acids is 1. The molecule has 3 rings (SSSR count). The van der Waals surface area contributed by atoms with E-state index in [4.69, 9.17) is 28.3 Å². The maximum Gasteiger partial charge on any atom is 0.335 e. The number of benzene rings is 3. The first-order valence-electron chi connectivity index (χ1n) is 7.68. The Hall–Kier alpha value is -2.54. The van der Waals surface area contributed by atoms with Crippen molar-refractivity contribution < 1.29 is 18.3 Å². The van der Waals surface area contributed by atoms with Gasteiger partial charge in [-0.05, 0) is 53.6 Å². The van der Waals surface area contributed by atoms with E-state index in [1.54, 1.807) is 30.3 Å². The van der Waals surface area contributed by atoms with Crippen molar-refractivity contribution in [2.24, 2.45) is 0 Å². The van der Waals surface area contributed by atoms with Crippen LogP contribution in [0.15, 0.2) is 71.6 Å². The van der Waals surface area contributed by atoms with E-state index in [0.29, 0.717) is 21.2 Å². The third kappa shape index (κ3) is 4.42. The van der Waals surface area contributed by atoms with Crippen LogP contribution in [0.5, 0.6) is 0 Å². The maximum atomic E-state index is 12.7. The van der Waals surface area contributed by atoms with Gasteiger partial charge >= 0.3 is 5.97 Å². The first-order valence-corrected chi connectivity index (χ1v) is 9.92. The van der Waals surface area contributed by atoms with Crippen LogP contribution in [-0.4, -0.2) is 19.5 Å². The maximum absolute atomic E-state index is 12.7. The van der Waals surface area contributed by atoms with Crippen LogP contribution in [-0.2, 0) is 10.0 Å². The van der Waals surface area contributed by atoms with Gasteiger partial charge in [0.05, 0.1) is 20.5 Å². The van der Waals surface area contributed by atoms with E-state index in [0.717, 1.165) is 0 Å². The standard InChI is InChI=1S/C19H13Cl2NO4S/c20-17-8-7-13(11-18(17)21)12-3-2-6-16(10-12)27(25,26)22-15-5-1-4-14(9-15)19(23)24/h1-11,22H,(H,23,24). The Labute approximate surface area is 166 Å². The Kier molecular flexibility index (Phi) is 5.41. The number of hydrogen-bond donors (Lipinski definition) is 2. The van der Waals surface area contributed by atoms with Crippen molar-refractivity contribution in [2.75, 3.05) is 4.72 Å². The van der Waals surface area contributed by atoms with Crippen LogP contribution in [0.2, 0.25) is 10.0 Å². The second kappa shape index (κ2) is 7.60. The molecule has 0 aliphatic rings. The van der Waals surface area contributed by atoms with Crippen molar-refractivity contribution in [3.8, 4) is 11.1 Å². The molecule has 3 aromatic carbocycles. The quantitative estimate of drug-likeness (QED) is 0.595. The van der Waals surface area contributed by atoms with E-state index in [2.05, 4.69) is 4.72 Å². The molecule has 0 saturated carbocycles. The Morgan fingerprint density at radius 3 is 2.26 bits per heavy atom. The lowest BCUT2D eigenvalue weighted by Gasteiger charge is -2.10. The van der Waals surface area contributed by atoms with Crippen LogP contribution >= 0.6 is 23.2 Å². The summed E-state index contributed by atoms with van der Waals surface area (Å²) in [5.74, 6) is -1.14. The topological polar surface area (TPSA) is 83.5 Å². The van der Waals surface area contributed by atoms with Gasteiger partial charge in [-0.3, -0.25) is 4.72 Å². The molecular weight excluding hydrogens is 409 g/mol. The summed E-state index contributed by atoms with van der Waals surface area (Å²) in [5.41, 5.74) is 1.51. The zero-order valence-electron chi connectivity index (χ0n) is 13.7. The number of carboxylic acids is 1. The zero-order valence-corrected chi connectivity index (χ0v) is 16.0. The normalized spacial score (nSPS) is 11.2. The summed E-state index contributed by atoms with van der Waals surface area (Å²) < 4.78 is 27.8. The second-order valence-corrected chi connectivity index (χ2v) is 8.14. The molecule has 0 radical (unpaired) electrons. The highest BCUT2D eigenvalue weighted by Gasteiger charge is 2.16. The minimum Gasteiger partial charge on any atom is -0.478 e. The van der Waals surface area contributed by atoms with Crippen molar-refractivity contribution in [1.29, 1.82) is 0 Å². The number of halogens is 2. The number of nitrogens with one attached hydrogen (secondary N) is 1. The fourth-order valence-electron chi connectivity index (χ4n) is 2.45. The van der Waals surface area contributed by atoms with Crippen LogP contribution in [0.25, 0.3) is 11.1 Å². The Bertz CT molecular complexity index is 1130. The third-order valence-corrected chi connectivity index (χ3v) is 5.88. The zero-order chi connectivity index (χ0) is 19.6. The molecule has 8 heteroatoms. The van der Waals surface area contributed by atoms with Gasteiger partial charge in [0.15, 0.2) is 0 Å². The monoisotopic (exact) mass is 421 g/mol. The van der Waals surface area contributed by atoms with Crippen LogP contribution in [0, 0.1) is 0 Å². The molecule has 0 spiro atoms. The molecule has 5 nitrogen and oxygen atoms in total. The van der Waals surface area contributed by atoms with E-state index in [1.807, 2.05) is 0 Å². The number of carboxylic acid groups (broad SMARTS) is 1. The van der Waals surface area contributed by atoms with E-state index >= 15 is 0 Å². The smallest absolute Gasteiger partial charge is 0.335 e. The number of rotatable bonds is 5. The fraction of sp³-hybridized carbons (Fsp3) is 0. The van der Waals surface area contributed by atoms with Gasteiger partial charge in [0.25, 0.3) is 10.0 Å². The van der Waals surface area contributed by atoms with Gasteiger partial charge in [-0.15, -0.1) is 0 Å². The molecule has 0 atom stereocenters. The Morgan fingerprint density at radius 1 is 0.852 bits per heavy atom. The van der Waals surface area contributed by atoms with Crippen LogP contribution in [0.3, 0.4) is 0 Å². The fourth-order valence-corrected chi connectivity index (χ4v) is 3.84. The molecule has 27 heavy (non-hydrogen) atoms. The SMILES string of the molecule is O=C(O)c1cccc(NS(=O)(=O)c2cccc(-c3ccc(Cl)c(Cl)c3)c2)c1. The van der Waals surface area contributed by atoms with Gasteiger partial charge in [0.2, 0.25) is 0 Å². The van der Waals surface area contributed by atoms with Crippen molar-refractivity contribution in [3.63, 3.8) is 0 Å². The molecule has 0 heterocycles. The molecule has 0 amide bonds. The van der Waals surface area contributed by atoms with Gasteiger partial charge in [-0.1, -0.05) is 47.5 Å². The number of carbonyl (C=O) groups is 1. The number of hydrogen-bond acceptors (Lipinski definition) is 3. The molecule has 3 aromatic rings. The molecular formula is C19H13Cl2NO4S. The average molecular weight is 422 g/mol. The van der Waals surface area contributed by atoms with Crippen LogP contribution in [0.1, 0.15) is 10.4 Å². The van der Waals surface area contributed by atoms with Gasteiger partial charge in [-0.25, -0.2) is 13.2 Å². The molecule has 0 aliphatic carbocycles. The second-order valence-electron chi connectivity index (χ2n) is 5.65. The van der Waals surface area contributed by atoms with Gasteiger partial charge in [0.1, 0.15) is 0 Å². The molecule has 2 N–H and O–H groups in total. The van der Waals surface area contributed by atoms with Crippen molar-refractivity contribution in [2.45, 2.75) is 4.90 Å². The molecule has 0 bridgehead atoms. The van der Waals surface area contributed by atoms with Crippen molar-refractivity contribution >= 4 is 44.9 Å². The average Bonchev–Trinajstić information content (AvgIpc) is 2.64. The summed E-state index contributed by atoms with van der Waals surface area (Å²) in [5, 5.41) is 9.80. The summed E-state index contributed by atoms with van der Waals surface area (Å²) in [4.78, 5) is 11.1. The lowest BCUT2D eigenvalue weighted by atomic mass is 10.1. The van der Waals surface area contributed by atoms with Gasteiger partial charge in [0, 0.05) is 5.69 Å². The highest BCUT2D eigenvalue weighted by molar-refractivity contribution is 7.92. The molecule has 0 saturated heterocycles. The van der Waals surface area contributed by atoms with E-state index in [-0.39, 0.29) is 16.1 Å². The molecule has 0 aliphatic heterocycles. The Morgan fingerprint density at radius 2 is 1.56 bits per heavy atom. The Balaban J connectivity index is 1.94. The minimum absolute atomic E-state index is 0.0141. The third-order valence-electron chi connectivity index (χ3n) is 3.76. The largest absolute Gasteiger partial charge is 0.478 e. The lowest BCUT2D eigenvalue weighted by molar-refractivity contribution is 0.0697. The summed E-state index contributed by atoms with van der Waals surface area (Å²) in [6, 6.07) is 16.9. The van der Waals surface area contributed by atoms with Gasteiger partial charge in [-0.2, -0.15) is 0 Å². The summed E-state index contributed by atoms with van der Waals surface area (Å²) >= 11 is 11.9. The summed E-state index contributed by atoms with van der Waals surface area (Å²) in [7, 11) is -3.91. The van der Waals surface area contributed by atoms with E-state index in [1.165, 1.54) is 36.4 Å². The number of sulfonamides is 1. The van der Waals surface area contributed by atoms with Crippen molar-refractivity contribution in [1.82, 2.24) is 0 Å². The van der Waals surface area contributed by atoms with Crippen LogP contribution < -0.4 is 4.72 Å². The van der Waals surface area contributed by atoms with Crippen molar-refractivity contribution in [3.05, 3.63) is 82.3 Å². The first kappa shape index (κ1) is 19.2. The molecule has 138 valence electrons. The van der Waals surface area contributed by atoms with Crippen LogP contribution in [0.4, 0.5) is 5.69 Å². The predicted octanol–water partition coefficient (Wildman–Crippen LogP) is 5.16. The first-order chi connectivity index (χ1) is 12.8. The molecule has 0 aromatic heterocycles. The molecule has 0 unspecified atom stereocenters. The highest BCUT2D eigenvalue weighted by Crippen LogP contribution is 2.30. The summed E-state index contributed by atoms with van der Waals surface area (Å²) in [6.07, 6.45) is 0. The van der Waals surface area contributed by atoms with Gasteiger partial charge < -0.3 is 5.11 Å². The summed E-state index contributed by atoms with van der Waals surface area (Å²) in [6.45, 7) is 0. The lowest BCUT2D eigenvalue weighted by Crippen LogP contribution is -2.13. The molecule has 0 fully saturated rings. The van der Waals surface area contributed by atoms with E-state index in [9.17, 15) is 13.2 Å². The van der Waals surface area contributed by atoms with E-state index < -0.39 is 16.0 Å².